The number of hydrogen-bond acceptors (Lipinski definition) is 4. The lowest BCUT2D eigenvalue weighted by Gasteiger charge is -2.08. The summed E-state index contributed by atoms with van der Waals surface area (Å²) in [6, 6.07) is 5.61. The van der Waals surface area contributed by atoms with Crippen LogP contribution in [0.2, 0.25) is 0 Å². The van der Waals surface area contributed by atoms with Crippen LogP contribution in [-0.4, -0.2) is 15.7 Å². The molecule has 0 aliphatic heterocycles. The molecule has 0 atom stereocenters. The molecule has 0 saturated heterocycles. The van der Waals surface area contributed by atoms with E-state index in [1.807, 2.05) is 13.0 Å². The average molecular weight is 273 g/mol. The molecule has 2 rings (SSSR count). The summed E-state index contributed by atoms with van der Waals surface area (Å²) < 4.78 is 15.1. The van der Waals surface area contributed by atoms with Crippen LogP contribution < -0.4 is 11.1 Å². The monoisotopic (exact) mass is 273 g/mol. The minimum atomic E-state index is -0.682. The normalized spacial score (nSPS) is 10.1. The van der Waals surface area contributed by atoms with Gasteiger partial charge >= 0.3 is 0 Å². The van der Waals surface area contributed by atoms with Gasteiger partial charge in [0, 0.05) is 6.54 Å². The van der Waals surface area contributed by atoms with E-state index >= 15 is 0 Å². The second kappa shape index (κ2) is 5.40. The Kier molecular flexibility index (Phi) is 3.66. The van der Waals surface area contributed by atoms with E-state index in [9.17, 15) is 9.18 Å². The van der Waals surface area contributed by atoms with Gasteiger partial charge in [0.15, 0.2) is 0 Å². The number of rotatable bonds is 3. The topological polar surface area (TPSA) is 96.7 Å². The zero-order chi connectivity index (χ0) is 14.7. The highest BCUT2D eigenvalue weighted by atomic mass is 19.1. The van der Waals surface area contributed by atoms with E-state index in [2.05, 4.69) is 10.4 Å². The number of amides is 1. The smallest absolute Gasteiger partial charge is 0.276 e. The molecular weight excluding hydrogens is 261 g/mol. The van der Waals surface area contributed by atoms with Crippen LogP contribution in [0, 0.1) is 17.1 Å². The molecule has 0 aliphatic carbocycles. The van der Waals surface area contributed by atoms with Gasteiger partial charge in [0.2, 0.25) is 0 Å². The number of nitrogens with zero attached hydrogens (tertiary/aromatic N) is 3. The van der Waals surface area contributed by atoms with E-state index in [0.29, 0.717) is 6.54 Å². The highest BCUT2D eigenvalue weighted by molar-refractivity contribution is 6.06. The summed E-state index contributed by atoms with van der Waals surface area (Å²) in [6.45, 7) is 2.28. The van der Waals surface area contributed by atoms with Crippen molar-refractivity contribution in [3.8, 4) is 6.07 Å². The summed E-state index contributed by atoms with van der Waals surface area (Å²) in [7, 11) is 0. The number of nitrogens with two attached hydrogens (primary N) is 1. The van der Waals surface area contributed by atoms with E-state index < -0.39 is 11.7 Å². The second-order valence-corrected chi connectivity index (χ2v) is 4.02. The number of aromatic nitrogens is 2. The predicted octanol–water partition coefficient (Wildman–Crippen LogP) is 1.75. The number of carbonyl (C=O) groups is 1. The van der Waals surface area contributed by atoms with Crippen LogP contribution in [0.15, 0.2) is 24.4 Å². The van der Waals surface area contributed by atoms with Crippen LogP contribution in [0.4, 0.5) is 15.8 Å². The zero-order valence-corrected chi connectivity index (χ0v) is 10.7. The largest absolute Gasteiger partial charge is 0.396 e. The van der Waals surface area contributed by atoms with Crippen molar-refractivity contribution in [1.82, 2.24) is 9.78 Å². The lowest BCUT2D eigenvalue weighted by atomic mass is 10.2. The standard InChI is InChI=1S/C13H12FN5O/c1-2-19-12(10(16)7-17-19)13(20)18-11-4-3-8(6-15)5-9(11)14/h3-5,7H,2,16H2,1H3,(H,18,20). The quantitative estimate of drug-likeness (QED) is 0.890. The first-order valence-corrected chi connectivity index (χ1v) is 5.89. The van der Waals surface area contributed by atoms with Gasteiger partial charge < -0.3 is 11.1 Å². The molecule has 2 aromatic rings. The summed E-state index contributed by atoms with van der Waals surface area (Å²) in [5.74, 6) is -1.23. The number of halogens is 1. The minimum absolute atomic E-state index is 0.0164. The number of anilines is 2. The molecule has 1 heterocycles. The van der Waals surface area contributed by atoms with Gasteiger partial charge in [0.25, 0.3) is 5.91 Å². The van der Waals surface area contributed by atoms with Gasteiger partial charge in [-0.25, -0.2) is 4.39 Å². The first-order chi connectivity index (χ1) is 9.56. The van der Waals surface area contributed by atoms with Crippen molar-refractivity contribution >= 4 is 17.3 Å². The lowest BCUT2D eigenvalue weighted by Crippen LogP contribution is -2.19. The fourth-order valence-electron chi connectivity index (χ4n) is 1.76. The number of hydrogen-bond donors (Lipinski definition) is 2. The molecule has 0 aliphatic rings. The number of nitrogens with one attached hydrogen (secondary N) is 1. The third-order valence-electron chi connectivity index (χ3n) is 2.73. The zero-order valence-electron chi connectivity index (χ0n) is 10.7. The molecule has 102 valence electrons. The molecule has 0 saturated carbocycles. The predicted molar refractivity (Wildman–Crippen MR) is 71.4 cm³/mol. The Bertz CT molecular complexity index is 701. The molecule has 3 N–H and O–H groups in total. The van der Waals surface area contributed by atoms with Crippen molar-refractivity contribution in [2.75, 3.05) is 11.1 Å². The number of aryl methyl sites for hydroxylation is 1. The van der Waals surface area contributed by atoms with Crippen molar-refractivity contribution in [2.45, 2.75) is 13.5 Å². The Morgan fingerprint density at radius 2 is 2.35 bits per heavy atom. The van der Waals surface area contributed by atoms with Crippen LogP contribution in [-0.2, 0) is 6.54 Å². The maximum absolute atomic E-state index is 13.7. The number of nitrogen functional groups attached to an aromatic ring is 1. The summed E-state index contributed by atoms with van der Waals surface area (Å²) >= 11 is 0. The Labute approximate surface area is 114 Å². The Morgan fingerprint density at radius 3 is 2.95 bits per heavy atom. The highest BCUT2D eigenvalue weighted by Gasteiger charge is 2.17. The maximum Gasteiger partial charge on any atom is 0.276 e. The third kappa shape index (κ3) is 2.44. The summed E-state index contributed by atoms with van der Waals surface area (Å²) in [5.41, 5.74) is 6.23. The Morgan fingerprint density at radius 1 is 1.60 bits per heavy atom. The third-order valence-corrected chi connectivity index (χ3v) is 2.73. The van der Waals surface area contributed by atoms with Crippen LogP contribution >= 0.6 is 0 Å². The van der Waals surface area contributed by atoms with E-state index in [1.54, 1.807) is 0 Å². The van der Waals surface area contributed by atoms with Crippen LogP contribution in [0.5, 0.6) is 0 Å². The van der Waals surface area contributed by atoms with Gasteiger partial charge in [0.1, 0.15) is 11.5 Å². The molecule has 0 bridgehead atoms. The molecule has 6 nitrogen and oxygen atoms in total. The van der Waals surface area contributed by atoms with Gasteiger partial charge in [-0.15, -0.1) is 0 Å². The molecule has 20 heavy (non-hydrogen) atoms. The van der Waals surface area contributed by atoms with Crippen molar-refractivity contribution in [2.24, 2.45) is 0 Å². The Hall–Kier alpha value is -2.88. The highest BCUT2D eigenvalue weighted by Crippen LogP contribution is 2.18. The fraction of sp³-hybridized carbons (Fsp3) is 0.154. The summed E-state index contributed by atoms with van der Waals surface area (Å²) in [5, 5.41) is 15.0. The number of nitriles is 1. The van der Waals surface area contributed by atoms with E-state index in [4.69, 9.17) is 11.0 Å². The number of carbonyl (C=O) groups excluding carboxylic acids is 1. The van der Waals surface area contributed by atoms with Gasteiger partial charge in [-0.2, -0.15) is 10.4 Å². The minimum Gasteiger partial charge on any atom is -0.396 e. The van der Waals surface area contributed by atoms with Crippen LogP contribution in [0.1, 0.15) is 23.0 Å². The molecule has 1 aromatic heterocycles. The molecule has 7 heteroatoms. The van der Waals surface area contributed by atoms with Gasteiger partial charge in [-0.05, 0) is 25.1 Å². The molecule has 0 radical (unpaired) electrons. The first kappa shape index (κ1) is 13.5. The van der Waals surface area contributed by atoms with Crippen molar-refractivity contribution in [1.29, 1.82) is 5.26 Å². The molecular formula is C13H12FN5O. The average Bonchev–Trinajstić information content (AvgIpc) is 2.82. The molecule has 1 amide bonds. The van der Waals surface area contributed by atoms with Crippen molar-refractivity contribution in [3.63, 3.8) is 0 Å². The van der Waals surface area contributed by atoms with E-state index in [0.717, 1.165) is 6.07 Å². The van der Waals surface area contributed by atoms with Gasteiger partial charge in [-0.3, -0.25) is 9.48 Å². The van der Waals surface area contributed by atoms with Gasteiger partial charge in [-0.1, -0.05) is 0 Å². The van der Waals surface area contributed by atoms with E-state index in [-0.39, 0.29) is 22.6 Å². The molecule has 0 spiro atoms. The fourth-order valence-corrected chi connectivity index (χ4v) is 1.76. The Balaban J connectivity index is 2.28. The first-order valence-electron chi connectivity index (χ1n) is 5.89. The van der Waals surface area contributed by atoms with Crippen LogP contribution in [0.3, 0.4) is 0 Å². The summed E-state index contributed by atoms with van der Waals surface area (Å²) in [6.07, 6.45) is 1.37. The van der Waals surface area contributed by atoms with Crippen LogP contribution in [0.25, 0.3) is 0 Å². The molecule has 0 unspecified atom stereocenters. The van der Waals surface area contributed by atoms with Gasteiger partial charge in [0.05, 0.1) is 29.2 Å². The lowest BCUT2D eigenvalue weighted by molar-refractivity contribution is 0.101. The second-order valence-electron chi connectivity index (χ2n) is 4.02. The summed E-state index contributed by atoms with van der Waals surface area (Å²) in [4.78, 5) is 12.1. The number of benzene rings is 1. The van der Waals surface area contributed by atoms with Crippen molar-refractivity contribution in [3.05, 3.63) is 41.5 Å². The van der Waals surface area contributed by atoms with E-state index in [1.165, 1.54) is 23.0 Å². The van der Waals surface area contributed by atoms with Crippen molar-refractivity contribution < 1.29 is 9.18 Å². The maximum atomic E-state index is 13.7. The molecule has 1 aromatic carbocycles. The SMILES string of the molecule is CCn1ncc(N)c1C(=O)Nc1ccc(C#N)cc1F. The molecule has 0 fully saturated rings.